The average Bonchev–Trinajstić information content (AvgIpc) is 3.47. The van der Waals surface area contributed by atoms with E-state index in [0.29, 0.717) is 35.2 Å². The van der Waals surface area contributed by atoms with Crippen molar-refractivity contribution in [3.05, 3.63) is 83.6 Å². The van der Waals surface area contributed by atoms with Gasteiger partial charge in [-0.2, -0.15) is 0 Å². The lowest BCUT2D eigenvalue weighted by Gasteiger charge is -2.22. The fourth-order valence-electron chi connectivity index (χ4n) is 3.12. The smallest absolute Gasteiger partial charge is 0.259 e. The number of furan rings is 1. The van der Waals surface area contributed by atoms with Gasteiger partial charge in [0.2, 0.25) is 0 Å². The first-order valence-corrected chi connectivity index (χ1v) is 9.27. The van der Waals surface area contributed by atoms with E-state index in [0.717, 1.165) is 18.4 Å². The van der Waals surface area contributed by atoms with Gasteiger partial charge in [0.1, 0.15) is 5.76 Å². The van der Waals surface area contributed by atoms with Gasteiger partial charge in [-0.25, -0.2) is 0 Å². The van der Waals surface area contributed by atoms with Crippen LogP contribution in [0.25, 0.3) is 0 Å². The number of benzene rings is 1. The second kappa shape index (κ2) is 7.68. The van der Waals surface area contributed by atoms with E-state index in [1.165, 1.54) is 6.26 Å². The number of pyridine rings is 1. The molecule has 0 spiro atoms. The predicted octanol–water partition coefficient (Wildman–Crippen LogP) is 4.04. The summed E-state index contributed by atoms with van der Waals surface area (Å²) in [6.45, 7) is 2.32. The maximum atomic E-state index is 13.0. The fourth-order valence-corrected chi connectivity index (χ4v) is 3.12. The van der Waals surface area contributed by atoms with Crippen molar-refractivity contribution in [2.24, 2.45) is 0 Å². The Kier molecular flexibility index (Phi) is 4.93. The maximum absolute atomic E-state index is 13.0. The zero-order valence-electron chi connectivity index (χ0n) is 15.6. The number of amides is 2. The second-order valence-electron chi connectivity index (χ2n) is 6.94. The minimum Gasteiger partial charge on any atom is -0.469 e. The van der Waals surface area contributed by atoms with Gasteiger partial charge in [0, 0.05) is 36.2 Å². The van der Waals surface area contributed by atoms with E-state index in [9.17, 15) is 9.59 Å². The Bertz CT molecular complexity index is 976. The van der Waals surface area contributed by atoms with Crippen LogP contribution in [0.5, 0.6) is 0 Å². The first-order valence-electron chi connectivity index (χ1n) is 9.27. The summed E-state index contributed by atoms with van der Waals surface area (Å²) in [7, 11) is 0. The highest BCUT2D eigenvalue weighted by molar-refractivity contribution is 6.05. The van der Waals surface area contributed by atoms with E-state index < -0.39 is 0 Å². The molecule has 0 bridgehead atoms. The first kappa shape index (κ1) is 18.0. The van der Waals surface area contributed by atoms with Crippen LogP contribution in [-0.2, 0) is 6.54 Å². The zero-order chi connectivity index (χ0) is 19.5. The van der Waals surface area contributed by atoms with Crippen molar-refractivity contribution in [3.63, 3.8) is 0 Å². The van der Waals surface area contributed by atoms with Gasteiger partial charge < -0.3 is 14.6 Å². The lowest BCUT2D eigenvalue weighted by Crippen LogP contribution is -2.32. The number of carbonyl (C=O) groups excluding carboxylic acids is 2. The molecule has 1 aliphatic carbocycles. The van der Waals surface area contributed by atoms with Gasteiger partial charge in [-0.3, -0.25) is 14.6 Å². The van der Waals surface area contributed by atoms with Crippen LogP contribution in [0.1, 0.15) is 44.9 Å². The lowest BCUT2D eigenvalue weighted by atomic mass is 10.1. The largest absolute Gasteiger partial charge is 0.469 e. The molecule has 0 aliphatic heterocycles. The zero-order valence-corrected chi connectivity index (χ0v) is 15.6. The molecule has 0 radical (unpaired) electrons. The molecule has 2 heterocycles. The fraction of sp³-hybridized carbons (Fsp3) is 0.227. The van der Waals surface area contributed by atoms with Gasteiger partial charge in [-0.15, -0.1) is 0 Å². The predicted molar refractivity (Wildman–Crippen MR) is 105 cm³/mol. The summed E-state index contributed by atoms with van der Waals surface area (Å²) < 4.78 is 5.16. The van der Waals surface area contributed by atoms with Gasteiger partial charge in [0.25, 0.3) is 11.8 Å². The van der Waals surface area contributed by atoms with Crippen molar-refractivity contribution in [2.75, 3.05) is 5.32 Å². The van der Waals surface area contributed by atoms with E-state index in [1.807, 2.05) is 17.0 Å². The Morgan fingerprint density at radius 2 is 1.82 bits per heavy atom. The summed E-state index contributed by atoms with van der Waals surface area (Å²) in [4.78, 5) is 31.2. The molecular weight excluding hydrogens is 354 g/mol. The lowest BCUT2D eigenvalue weighted by molar-refractivity contribution is 0.0730. The Hall–Kier alpha value is -3.41. The molecule has 1 N–H and O–H groups in total. The van der Waals surface area contributed by atoms with E-state index in [4.69, 9.17) is 4.42 Å². The average molecular weight is 375 g/mol. The van der Waals surface area contributed by atoms with E-state index in [-0.39, 0.29) is 11.8 Å². The van der Waals surface area contributed by atoms with E-state index >= 15 is 0 Å². The van der Waals surface area contributed by atoms with Crippen molar-refractivity contribution in [1.29, 1.82) is 0 Å². The summed E-state index contributed by atoms with van der Waals surface area (Å²) in [5, 5.41) is 2.82. The number of nitrogens with zero attached hydrogens (tertiary/aromatic N) is 2. The van der Waals surface area contributed by atoms with Gasteiger partial charge in [-0.05, 0) is 67.8 Å². The molecule has 1 aromatic carbocycles. The summed E-state index contributed by atoms with van der Waals surface area (Å²) >= 11 is 0. The normalized spacial score (nSPS) is 13.2. The number of nitrogens with one attached hydrogen (secondary N) is 1. The molecule has 3 aromatic rings. The SMILES string of the molecule is Cc1occc1C(=O)Nc1ccc(C(=O)N(Cc2ccncc2)C2CC2)cc1. The van der Waals surface area contributed by atoms with Crippen LogP contribution in [0, 0.1) is 6.92 Å². The topological polar surface area (TPSA) is 75.4 Å². The summed E-state index contributed by atoms with van der Waals surface area (Å²) in [5.41, 5.74) is 2.81. The summed E-state index contributed by atoms with van der Waals surface area (Å²) in [6, 6.07) is 12.8. The molecule has 0 saturated heterocycles. The minimum atomic E-state index is -0.234. The molecule has 2 aromatic heterocycles. The molecule has 1 aliphatic rings. The molecule has 1 saturated carbocycles. The molecule has 0 unspecified atom stereocenters. The standard InChI is InChI=1S/C22H21N3O3/c1-15-20(10-13-28-15)21(26)24-18-4-2-17(3-5-18)22(27)25(19-6-7-19)14-16-8-11-23-12-9-16/h2-5,8-13,19H,6-7,14H2,1H3,(H,24,26). The van der Waals surface area contributed by atoms with Gasteiger partial charge in [0.05, 0.1) is 11.8 Å². The van der Waals surface area contributed by atoms with Crippen LogP contribution in [0.2, 0.25) is 0 Å². The molecule has 6 heteroatoms. The van der Waals surface area contributed by atoms with Crippen LogP contribution in [0.4, 0.5) is 5.69 Å². The molecule has 1 fully saturated rings. The van der Waals surface area contributed by atoms with Crippen molar-refractivity contribution >= 4 is 17.5 Å². The molecule has 28 heavy (non-hydrogen) atoms. The van der Waals surface area contributed by atoms with Crippen molar-refractivity contribution in [3.8, 4) is 0 Å². The highest BCUT2D eigenvalue weighted by Crippen LogP contribution is 2.30. The Labute approximate surface area is 163 Å². The van der Waals surface area contributed by atoms with E-state index in [2.05, 4.69) is 10.3 Å². The van der Waals surface area contributed by atoms with Crippen LogP contribution in [0.3, 0.4) is 0 Å². The summed E-state index contributed by atoms with van der Waals surface area (Å²) in [6.07, 6.45) is 7.04. The number of aromatic nitrogens is 1. The quantitative estimate of drug-likeness (QED) is 0.705. The second-order valence-corrected chi connectivity index (χ2v) is 6.94. The van der Waals surface area contributed by atoms with Crippen LogP contribution >= 0.6 is 0 Å². The highest BCUT2D eigenvalue weighted by Gasteiger charge is 2.33. The number of hydrogen-bond acceptors (Lipinski definition) is 4. The van der Waals surface area contributed by atoms with Crippen LogP contribution < -0.4 is 5.32 Å². The number of anilines is 1. The molecular formula is C22H21N3O3. The maximum Gasteiger partial charge on any atom is 0.259 e. The molecule has 2 amide bonds. The third-order valence-corrected chi connectivity index (χ3v) is 4.84. The van der Waals surface area contributed by atoms with E-state index in [1.54, 1.807) is 49.6 Å². The van der Waals surface area contributed by atoms with Crippen molar-refractivity contribution < 1.29 is 14.0 Å². The Morgan fingerprint density at radius 1 is 1.11 bits per heavy atom. The molecule has 4 rings (SSSR count). The van der Waals surface area contributed by atoms with Crippen molar-refractivity contribution in [2.45, 2.75) is 32.4 Å². The molecule has 0 atom stereocenters. The minimum absolute atomic E-state index is 0.00266. The molecule has 6 nitrogen and oxygen atoms in total. The van der Waals surface area contributed by atoms with Crippen LogP contribution in [0.15, 0.2) is 65.5 Å². The number of aryl methyl sites for hydroxylation is 1. The molecule has 142 valence electrons. The third-order valence-electron chi connectivity index (χ3n) is 4.84. The van der Waals surface area contributed by atoms with Crippen molar-refractivity contribution in [1.82, 2.24) is 9.88 Å². The van der Waals surface area contributed by atoms with Gasteiger partial charge in [0.15, 0.2) is 0 Å². The third kappa shape index (κ3) is 3.96. The summed E-state index contributed by atoms with van der Waals surface area (Å²) in [5.74, 6) is 0.339. The van der Waals surface area contributed by atoms with Gasteiger partial charge >= 0.3 is 0 Å². The number of rotatable bonds is 6. The first-order chi connectivity index (χ1) is 13.6. The monoisotopic (exact) mass is 375 g/mol. The van der Waals surface area contributed by atoms with Gasteiger partial charge in [-0.1, -0.05) is 0 Å². The highest BCUT2D eigenvalue weighted by atomic mass is 16.3. The number of carbonyl (C=O) groups is 2. The Balaban J connectivity index is 1.45. The Morgan fingerprint density at radius 3 is 2.43 bits per heavy atom. The van der Waals surface area contributed by atoms with Crippen LogP contribution in [-0.4, -0.2) is 27.7 Å². The number of hydrogen-bond donors (Lipinski definition) is 1.